The molecule has 0 aliphatic heterocycles. The molecule has 7 heteroatoms. The molecule has 6 nitrogen and oxygen atoms in total. The molecule has 1 aromatic heterocycles. The van der Waals surface area contributed by atoms with Crippen molar-refractivity contribution in [2.45, 2.75) is 31.7 Å². The number of sulfonamides is 1. The number of methoxy groups -OCH3 is 1. The lowest BCUT2D eigenvalue weighted by atomic mass is 9.90. The van der Waals surface area contributed by atoms with Crippen molar-refractivity contribution in [3.05, 3.63) is 18.0 Å². The van der Waals surface area contributed by atoms with Crippen molar-refractivity contribution < 1.29 is 13.2 Å². The highest BCUT2D eigenvalue weighted by atomic mass is 32.2. The largest absolute Gasteiger partial charge is 0.385 e. The predicted octanol–water partition coefficient (Wildman–Crippen LogP) is 1.09. The summed E-state index contributed by atoms with van der Waals surface area (Å²) in [5.74, 6) is 0. The standard InChI is InChI=1S/C14H27N3O3S/c1-14(2,6-7-20-5)11-16-21(18,19)13-8-12(9-15-3)17(4)10-13/h8,10,15-16H,6-7,9,11H2,1-5H3. The summed E-state index contributed by atoms with van der Waals surface area (Å²) in [6, 6.07) is 1.70. The highest BCUT2D eigenvalue weighted by molar-refractivity contribution is 7.89. The van der Waals surface area contributed by atoms with Crippen LogP contribution >= 0.6 is 0 Å². The van der Waals surface area contributed by atoms with E-state index in [1.807, 2.05) is 32.5 Å². The van der Waals surface area contributed by atoms with Crippen LogP contribution in [0.3, 0.4) is 0 Å². The van der Waals surface area contributed by atoms with Gasteiger partial charge in [-0.3, -0.25) is 0 Å². The van der Waals surface area contributed by atoms with Crippen LogP contribution in [0.2, 0.25) is 0 Å². The minimum Gasteiger partial charge on any atom is -0.385 e. The topological polar surface area (TPSA) is 72.4 Å². The van der Waals surface area contributed by atoms with Crippen LogP contribution in [0.15, 0.2) is 17.2 Å². The Labute approximate surface area is 127 Å². The third-order valence-electron chi connectivity index (χ3n) is 3.47. The molecule has 0 radical (unpaired) electrons. The van der Waals surface area contributed by atoms with Crippen LogP contribution < -0.4 is 10.0 Å². The fourth-order valence-electron chi connectivity index (χ4n) is 1.92. The SMILES string of the molecule is CNCc1cc(S(=O)(=O)NCC(C)(C)CCOC)cn1C. The molecule has 1 rings (SSSR count). The highest BCUT2D eigenvalue weighted by Crippen LogP contribution is 2.20. The van der Waals surface area contributed by atoms with Gasteiger partial charge < -0.3 is 14.6 Å². The van der Waals surface area contributed by atoms with Crippen LogP contribution in [-0.4, -0.2) is 40.3 Å². The van der Waals surface area contributed by atoms with Gasteiger partial charge >= 0.3 is 0 Å². The Morgan fingerprint density at radius 3 is 2.62 bits per heavy atom. The minimum absolute atomic E-state index is 0.147. The summed E-state index contributed by atoms with van der Waals surface area (Å²) in [4.78, 5) is 0.304. The summed E-state index contributed by atoms with van der Waals surface area (Å²) in [6.07, 6.45) is 2.43. The summed E-state index contributed by atoms with van der Waals surface area (Å²) < 4.78 is 34.3. The van der Waals surface area contributed by atoms with Crippen LogP contribution in [0.25, 0.3) is 0 Å². The molecular formula is C14H27N3O3S. The fourth-order valence-corrected chi connectivity index (χ4v) is 3.26. The summed E-state index contributed by atoms with van der Waals surface area (Å²) in [5.41, 5.74) is 0.780. The molecule has 0 saturated heterocycles. The summed E-state index contributed by atoms with van der Waals surface area (Å²) >= 11 is 0. The van der Waals surface area contributed by atoms with Gasteiger partial charge in [-0.25, -0.2) is 13.1 Å². The number of ether oxygens (including phenoxy) is 1. The Balaban J connectivity index is 2.75. The second-order valence-electron chi connectivity index (χ2n) is 6.04. The first-order valence-electron chi connectivity index (χ1n) is 7.00. The Hall–Kier alpha value is -0.890. The van der Waals surface area contributed by atoms with Crippen molar-refractivity contribution in [3.63, 3.8) is 0 Å². The lowest BCUT2D eigenvalue weighted by Crippen LogP contribution is -2.34. The third-order valence-corrected chi connectivity index (χ3v) is 4.84. The van der Waals surface area contributed by atoms with Gasteiger partial charge in [-0.1, -0.05) is 13.8 Å². The molecule has 0 fully saturated rings. The summed E-state index contributed by atoms with van der Waals surface area (Å²) in [5, 5.41) is 3.02. The van der Waals surface area contributed by atoms with Crippen LogP contribution in [0.4, 0.5) is 0 Å². The van der Waals surface area contributed by atoms with Crippen molar-refractivity contribution in [1.82, 2.24) is 14.6 Å². The van der Waals surface area contributed by atoms with Gasteiger partial charge in [0.1, 0.15) is 0 Å². The zero-order valence-corrected chi connectivity index (χ0v) is 14.4. The Morgan fingerprint density at radius 2 is 2.05 bits per heavy atom. The normalized spacial score (nSPS) is 12.8. The fraction of sp³-hybridized carbons (Fsp3) is 0.714. The van der Waals surface area contributed by atoms with Gasteiger partial charge in [-0.05, 0) is 24.9 Å². The maximum Gasteiger partial charge on any atom is 0.242 e. The van der Waals surface area contributed by atoms with Gasteiger partial charge in [0.2, 0.25) is 10.0 Å². The molecule has 0 bridgehead atoms. The van der Waals surface area contributed by atoms with E-state index >= 15 is 0 Å². The summed E-state index contributed by atoms with van der Waals surface area (Å²) in [6.45, 7) is 5.67. The Kier molecular flexibility index (Phi) is 6.40. The molecule has 0 aliphatic carbocycles. The van der Waals surface area contributed by atoms with E-state index in [0.29, 0.717) is 24.6 Å². The van der Waals surface area contributed by atoms with Gasteiger partial charge in [-0.15, -0.1) is 0 Å². The molecule has 0 unspecified atom stereocenters. The van der Waals surface area contributed by atoms with Crippen molar-refractivity contribution in [2.24, 2.45) is 12.5 Å². The number of hydrogen-bond acceptors (Lipinski definition) is 4. The van der Waals surface area contributed by atoms with E-state index in [-0.39, 0.29) is 5.41 Å². The van der Waals surface area contributed by atoms with Crippen LogP contribution in [-0.2, 0) is 28.4 Å². The van der Waals surface area contributed by atoms with Gasteiger partial charge in [0.25, 0.3) is 0 Å². The molecule has 0 amide bonds. The Morgan fingerprint density at radius 1 is 1.38 bits per heavy atom. The molecule has 0 spiro atoms. The maximum atomic E-state index is 12.3. The van der Waals surface area contributed by atoms with Gasteiger partial charge in [-0.2, -0.15) is 0 Å². The first-order valence-corrected chi connectivity index (χ1v) is 8.48. The van der Waals surface area contributed by atoms with E-state index in [1.54, 1.807) is 19.4 Å². The first kappa shape index (κ1) is 18.2. The van der Waals surface area contributed by atoms with Crippen molar-refractivity contribution >= 4 is 10.0 Å². The van der Waals surface area contributed by atoms with E-state index in [1.165, 1.54) is 0 Å². The van der Waals surface area contributed by atoms with Gasteiger partial charge in [0.05, 0.1) is 4.90 Å². The Bertz CT molecular complexity index is 550. The molecule has 0 aliphatic rings. The van der Waals surface area contributed by atoms with Gasteiger partial charge in [0, 0.05) is 45.7 Å². The zero-order chi connectivity index (χ0) is 16.1. The van der Waals surface area contributed by atoms with E-state index in [2.05, 4.69) is 10.0 Å². The monoisotopic (exact) mass is 317 g/mol. The van der Waals surface area contributed by atoms with E-state index in [0.717, 1.165) is 12.1 Å². The van der Waals surface area contributed by atoms with Crippen LogP contribution in [0.5, 0.6) is 0 Å². The van der Waals surface area contributed by atoms with E-state index in [9.17, 15) is 8.42 Å². The van der Waals surface area contributed by atoms with Gasteiger partial charge in [0.15, 0.2) is 0 Å². The lowest BCUT2D eigenvalue weighted by Gasteiger charge is -2.24. The number of rotatable bonds is 9. The smallest absolute Gasteiger partial charge is 0.242 e. The average Bonchev–Trinajstić information content (AvgIpc) is 2.78. The zero-order valence-electron chi connectivity index (χ0n) is 13.6. The first-order chi connectivity index (χ1) is 9.72. The molecule has 0 saturated carbocycles. The van der Waals surface area contributed by atoms with E-state index < -0.39 is 10.0 Å². The lowest BCUT2D eigenvalue weighted by molar-refractivity contribution is 0.153. The molecule has 0 aromatic carbocycles. The van der Waals surface area contributed by atoms with Crippen molar-refractivity contribution in [2.75, 3.05) is 27.3 Å². The third kappa shape index (κ3) is 5.43. The minimum atomic E-state index is -3.48. The number of nitrogens with one attached hydrogen (secondary N) is 2. The molecule has 1 aromatic rings. The predicted molar refractivity (Wildman–Crippen MR) is 83.6 cm³/mol. The molecule has 0 atom stereocenters. The molecule has 2 N–H and O–H groups in total. The number of aromatic nitrogens is 1. The number of aryl methyl sites for hydroxylation is 1. The molecular weight excluding hydrogens is 290 g/mol. The van der Waals surface area contributed by atoms with Crippen LogP contribution in [0.1, 0.15) is 26.0 Å². The van der Waals surface area contributed by atoms with Crippen molar-refractivity contribution in [1.29, 1.82) is 0 Å². The quantitative estimate of drug-likeness (QED) is 0.715. The number of hydrogen-bond donors (Lipinski definition) is 2. The molecule has 1 heterocycles. The second-order valence-corrected chi connectivity index (χ2v) is 7.81. The molecule has 21 heavy (non-hydrogen) atoms. The summed E-state index contributed by atoms with van der Waals surface area (Å²) in [7, 11) is 1.84. The number of nitrogens with zero attached hydrogens (tertiary/aromatic N) is 1. The molecule has 122 valence electrons. The second kappa shape index (κ2) is 7.40. The highest BCUT2D eigenvalue weighted by Gasteiger charge is 2.23. The van der Waals surface area contributed by atoms with Crippen LogP contribution in [0, 0.1) is 5.41 Å². The van der Waals surface area contributed by atoms with E-state index in [4.69, 9.17) is 4.74 Å². The maximum absolute atomic E-state index is 12.3. The van der Waals surface area contributed by atoms with Crippen molar-refractivity contribution in [3.8, 4) is 0 Å². The average molecular weight is 317 g/mol.